The van der Waals surface area contributed by atoms with Gasteiger partial charge in [0, 0.05) is 18.1 Å². The quantitative estimate of drug-likeness (QED) is 0.687. The van der Waals surface area contributed by atoms with Gasteiger partial charge in [-0.15, -0.1) is 0 Å². The van der Waals surface area contributed by atoms with Crippen LogP contribution in [0.1, 0.15) is 11.3 Å². The van der Waals surface area contributed by atoms with Crippen LogP contribution in [0.4, 0.5) is 0 Å². The molecule has 0 spiro atoms. The Morgan fingerprint density at radius 2 is 1.50 bits per heavy atom. The van der Waals surface area contributed by atoms with Crippen molar-refractivity contribution in [1.82, 2.24) is 5.16 Å². The van der Waals surface area contributed by atoms with Crippen LogP contribution in [0.25, 0.3) is 11.3 Å². The fourth-order valence-corrected chi connectivity index (χ4v) is 1.94. The van der Waals surface area contributed by atoms with E-state index in [2.05, 4.69) is 17.3 Å². The van der Waals surface area contributed by atoms with Crippen molar-refractivity contribution in [2.24, 2.45) is 0 Å². The second-order valence-corrected chi connectivity index (χ2v) is 4.21. The highest BCUT2D eigenvalue weighted by molar-refractivity contribution is 5.58. The number of nitrogens with zero attached hydrogens (tertiary/aromatic N) is 1. The molecule has 0 fully saturated rings. The van der Waals surface area contributed by atoms with Crippen molar-refractivity contribution in [3.05, 3.63) is 78.1 Å². The van der Waals surface area contributed by atoms with E-state index in [4.69, 9.17) is 4.52 Å². The molecular formula is C16H13NO. The van der Waals surface area contributed by atoms with Crippen molar-refractivity contribution in [2.75, 3.05) is 0 Å². The zero-order valence-electron chi connectivity index (χ0n) is 9.91. The average Bonchev–Trinajstić information content (AvgIpc) is 2.89. The highest BCUT2D eigenvalue weighted by atomic mass is 16.5. The minimum atomic E-state index is 0.778. The molecule has 0 bridgehead atoms. The minimum Gasteiger partial charge on any atom is -0.360 e. The van der Waals surface area contributed by atoms with Crippen molar-refractivity contribution in [3.63, 3.8) is 0 Å². The fourth-order valence-electron chi connectivity index (χ4n) is 1.94. The SMILES string of the molecule is c1ccc(Cc2cc(-c3ccccc3)no2)cc1. The van der Waals surface area contributed by atoms with Gasteiger partial charge >= 0.3 is 0 Å². The first kappa shape index (κ1) is 10.8. The summed E-state index contributed by atoms with van der Waals surface area (Å²) in [6, 6.07) is 22.3. The van der Waals surface area contributed by atoms with E-state index < -0.39 is 0 Å². The number of rotatable bonds is 3. The molecule has 0 N–H and O–H groups in total. The van der Waals surface area contributed by atoms with E-state index in [1.807, 2.05) is 54.6 Å². The predicted octanol–water partition coefficient (Wildman–Crippen LogP) is 3.93. The van der Waals surface area contributed by atoms with E-state index in [1.165, 1.54) is 5.56 Å². The third-order valence-corrected chi connectivity index (χ3v) is 2.85. The van der Waals surface area contributed by atoms with Crippen LogP contribution in [0.15, 0.2) is 71.3 Å². The molecule has 0 saturated heterocycles. The Bertz CT molecular complexity index is 614. The van der Waals surface area contributed by atoms with Crippen LogP contribution in [-0.2, 0) is 6.42 Å². The lowest BCUT2D eigenvalue weighted by Crippen LogP contribution is -1.83. The van der Waals surface area contributed by atoms with Gasteiger partial charge in [0.2, 0.25) is 0 Å². The Labute approximate surface area is 106 Å². The fraction of sp³-hybridized carbons (Fsp3) is 0.0625. The molecule has 0 radical (unpaired) electrons. The van der Waals surface area contributed by atoms with Gasteiger partial charge in [-0.2, -0.15) is 0 Å². The average molecular weight is 235 g/mol. The number of benzene rings is 2. The molecule has 0 atom stereocenters. The van der Waals surface area contributed by atoms with Gasteiger partial charge in [-0.25, -0.2) is 0 Å². The van der Waals surface area contributed by atoms with Gasteiger partial charge in [-0.3, -0.25) is 0 Å². The first-order valence-corrected chi connectivity index (χ1v) is 5.97. The van der Waals surface area contributed by atoms with Crippen LogP contribution in [0.3, 0.4) is 0 Å². The molecule has 2 heteroatoms. The van der Waals surface area contributed by atoms with Crippen molar-refractivity contribution in [3.8, 4) is 11.3 Å². The van der Waals surface area contributed by atoms with E-state index >= 15 is 0 Å². The summed E-state index contributed by atoms with van der Waals surface area (Å²) in [5, 5.41) is 4.11. The number of hydrogen-bond acceptors (Lipinski definition) is 2. The summed E-state index contributed by atoms with van der Waals surface area (Å²) >= 11 is 0. The first-order chi connectivity index (χ1) is 8.92. The van der Waals surface area contributed by atoms with Gasteiger partial charge in [0.15, 0.2) is 0 Å². The lowest BCUT2D eigenvalue weighted by atomic mass is 10.1. The lowest BCUT2D eigenvalue weighted by molar-refractivity contribution is 0.391. The molecule has 2 nitrogen and oxygen atoms in total. The van der Waals surface area contributed by atoms with E-state index in [1.54, 1.807) is 0 Å². The van der Waals surface area contributed by atoms with Crippen LogP contribution in [0.2, 0.25) is 0 Å². The zero-order chi connectivity index (χ0) is 12.2. The third-order valence-electron chi connectivity index (χ3n) is 2.85. The summed E-state index contributed by atoms with van der Waals surface area (Å²) in [5.41, 5.74) is 3.20. The molecule has 18 heavy (non-hydrogen) atoms. The normalized spacial score (nSPS) is 10.4. The summed E-state index contributed by atoms with van der Waals surface area (Å²) < 4.78 is 5.37. The molecule has 0 unspecified atom stereocenters. The monoisotopic (exact) mass is 235 g/mol. The summed E-state index contributed by atoms with van der Waals surface area (Å²) in [4.78, 5) is 0. The maximum Gasteiger partial charge on any atom is 0.141 e. The molecule has 3 aromatic rings. The Hall–Kier alpha value is -2.35. The Balaban J connectivity index is 1.82. The first-order valence-electron chi connectivity index (χ1n) is 5.97. The number of aromatic nitrogens is 1. The molecule has 0 aliphatic rings. The molecule has 0 saturated carbocycles. The summed E-state index contributed by atoms with van der Waals surface area (Å²) in [6.07, 6.45) is 0.778. The zero-order valence-corrected chi connectivity index (χ0v) is 9.91. The molecule has 0 aliphatic heterocycles. The lowest BCUT2D eigenvalue weighted by Gasteiger charge is -1.95. The van der Waals surface area contributed by atoms with Crippen molar-refractivity contribution in [1.29, 1.82) is 0 Å². The smallest absolute Gasteiger partial charge is 0.141 e. The molecule has 3 rings (SSSR count). The molecule has 88 valence electrons. The van der Waals surface area contributed by atoms with E-state index in [9.17, 15) is 0 Å². The summed E-state index contributed by atoms with van der Waals surface area (Å²) in [5.74, 6) is 0.889. The van der Waals surface area contributed by atoms with Crippen LogP contribution in [-0.4, -0.2) is 5.16 Å². The van der Waals surface area contributed by atoms with Gasteiger partial charge in [0.05, 0.1) is 0 Å². The van der Waals surface area contributed by atoms with Crippen LogP contribution >= 0.6 is 0 Å². The molecule has 0 aliphatic carbocycles. The molecule has 0 amide bonds. The second kappa shape index (κ2) is 4.88. The molecule has 1 aromatic heterocycles. The van der Waals surface area contributed by atoms with Crippen molar-refractivity contribution >= 4 is 0 Å². The standard InChI is InChI=1S/C16H13NO/c1-3-7-13(8-4-1)11-15-12-16(17-18-15)14-9-5-2-6-10-14/h1-10,12H,11H2. The number of hydrogen-bond donors (Lipinski definition) is 0. The second-order valence-electron chi connectivity index (χ2n) is 4.21. The minimum absolute atomic E-state index is 0.778. The van der Waals surface area contributed by atoms with Gasteiger partial charge in [-0.1, -0.05) is 65.8 Å². The highest BCUT2D eigenvalue weighted by Crippen LogP contribution is 2.20. The van der Waals surface area contributed by atoms with Gasteiger partial charge < -0.3 is 4.52 Å². The largest absolute Gasteiger partial charge is 0.360 e. The molecule has 1 heterocycles. The van der Waals surface area contributed by atoms with Crippen molar-refractivity contribution in [2.45, 2.75) is 6.42 Å². The Kier molecular flexibility index (Phi) is 2.92. The maximum atomic E-state index is 5.37. The van der Waals surface area contributed by atoms with E-state index in [0.29, 0.717) is 0 Å². The predicted molar refractivity (Wildman–Crippen MR) is 71.2 cm³/mol. The summed E-state index contributed by atoms with van der Waals surface area (Å²) in [7, 11) is 0. The van der Waals surface area contributed by atoms with Crippen LogP contribution < -0.4 is 0 Å². The highest BCUT2D eigenvalue weighted by Gasteiger charge is 2.06. The van der Waals surface area contributed by atoms with Crippen LogP contribution in [0, 0.1) is 0 Å². The Morgan fingerprint density at radius 1 is 0.833 bits per heavy atom. The summed E-state index contributed by atoms with van der Waals surface area (Å²) in [6.45, 7) is 0. The third kappa shape index (κ3) is 2.33. The Morgan fingerprint density at radius 3 is 2.22 bits per heavy atom. The topological polar surface area (TPSA) is 26.0 Å². The molecule has 2 aromatic carbocycles. The van der Waals surface area contributed by atoms with Crippen LogP contribution in [0.5, 0.6) is 0 Å². The van der Waals surface area contributed by atoms with E-state index in [-0.39, 0.29) is 0 Å². The maximum absolute atomic E-state index is 5.37. The van der Waals surface area contributed by atoms with Crippen molar-refractivity contribution < 1.29 is 4.52 Å². The van der Waals surface area contributed by atoms with Gasteiger partial charge in [-0.05, 0) is 5.56 Å². The van der Waals surface area contributed by atoms with Gasteiger partial charge in [0.1, 0.15) is 11.5 Å². The van der Waals surface area contributed by atoms with Gasteiger partial charge in [0.25, 0.3) is 0 Å². The van der Waals surface area contributed by atoms with E-state index in [0.717, 1.165) is 23.4 Å². The molecular weight excluding hydrogens is 222 g/mol.